The Balaban J connectivity index is 1.63. The number of amides is 1. The normalized spacial score (nSPS) is 10.6. The van der Waals surface area contributed by atoms with Crippen molar-refractivity contribution in [1.82, 2.24) is 14.8 Å². The lowest BCUT2D eigenvalue weighted by Gasteiger charge is -2.06. The maximum absolute atomic E-state index is 12.1. The van der Waals surface area contributed by atoms with Crippen molar-refractivity contribution >= 4 is 45.9 Å². The summed E-state index contributed by atoms with van der Waals surface area (Å²) in [7, 11) is 1.90. The highest BCUT2D eigenvalue weighted by Gasteiger charge is 2.12. The third kappa shape index (κ3) is 4.15. The number of aromatic nitrogens is 3. The van der Waals surface area contributed by atoms with E-state index in [1.54, 1.807) is 0 Å². The summed E-state index contributed by atoms with van der Waals surface area (Å²) in [6.45, 7) is 0. The number of benzene rings is 2. The van der Waals surface area contributed by atoms with Gasteiger partial charge in [-0.3, -0.25) is 4.79 Å². The summed E-state index contributed by atoms with van der Waals surface area (Å²) in [5.74, 6) is 1.01. The number of hydrogen-bond donors (Lipinski definition) is 1. The van der Waals surface area contributed by atoms with Crippen molar-refractivity contribution in [3.63, 3.8) is 0 Å². The van der Waals surface area contributed by atoms with Gasteiger partial charge in [-0.05, 0) is 40.8 Å². The van der Waals surface area contributed by atoms with Crippen LogP contribution in [0.25, 0.3) is 11.4 Å². The first-order chi connectivity index (χ1) is 11.6. The zero-order valence-corrected chi connectivity index (χ0v) is 15.9. The first kappa shape index (κ1) is 17.0. The molecule has 7 heteroatoms. The SMILES string of the molecule is Cn1c(SCC(=O)Nc2cccc(I)c2)nnc1-c1ccccc1. The number of carbonyl (C=O) groups is 1. The van der Waals surface area contributed by atoms with Crippen molar-refractivity contribution in [3.8, 4) is 11.4 Å². The Bertz CT molecular complexity index is 851. The van der Waals surface area contributed by atoms with Crippen LogP contribution in [-0.4, -0.2) is 26.4 Å². The molecule has 0 unspecified atom stereocenters. The summed E-state index contributed by atoms with van der Waals surface area (Å²) < 4.78 is 2.98. The number of carbonyl (C=O) groups excluding carboxylic acids is 1. The Hall–Kier alpha value is -1.87. The van der Waals surface area contributed by atoms with Gasteiger partial charge >= 0.3 is 0 Å². The Labute approximate surface area is 158 Å². The minimum absolute atomic E-state index is 0.0636. The second kappa shape index (κ2) is 7.80. The van der Waals surface area contributed by atoms with E-state index in [0.717, 1.165) is 20.6 Å². The van der Waals surface area contributed by atoms with E-state index in [1.165, 1.54) is 11.8 Å². The summed E-state index contributed by atoms with van der Waals surface area (Å²) >= 11 is 3.59. The molecule has 1 aromatic heterocycles. The van der Waals surface area contributed by atoms with Crippen LogP contribution in [-0.2, 0) is 11.8 Å². The van der Waals surface area contributed by atoms with Crippen molar-refractivity contribution in [1.29, 1.82) is 0 Å². The molecule has 0 saturated carbocycles. The van der Waals surface area contributed by atoms with Crippen LogP contribution in [0, 0.1) is 3.57 Å². The molecule has 0 bridgehead atoms. The molecule has 0 spiro atoms. The fraction of sp³-hybridized carbons (Fsp3) is 0.118. The molecule has 122 valence electrons. The van der Waals surface area contributed by atoms with Crippen molar-refractivity contribution in [3.05, 3.63) is 58.2 Å². The van der Waals surface area contributed by atoms with Gasteiger partial charge in [-0.25, -0.2) is 0 Å². The zero-order chi connectivity index (χ0) is 16.9. The zero-order valence-electron chi connectivity index (χ0n) is 12.9. The third-order valence-corrected chi connectivity index (χ3v) is 5.00. The van der Waals surface area contributed by atoms with E-state index in [0.29, 0.717) is 5.16 Å². The molecule has 0 aliphatic heterocycles. The van der Waals surface area contributed by atoms with Crippen LogP contribution in [0.5, 0.6) is 0 Å². The van der Waals surface area contributed by atoms with Gasteiger partial charge in [-0.15, -0.1) is 10.2 Å². The monoisotopic (exact) mass is 450 g/mol. The van der Waals surface area contributed by atoms with Crippen LogP contribution in [0.15, 0.2) is 59.8 Å². The molecule has 1 N–H and O–H groups in total. The number of nitrogens with zero attached hydrogens (tertiary/aromatic N) is 3. The van der Waals surface area contributed by atoms with Crippen LogP contribution in [0.3, 0.4) is 0 Å². The molecule has 0 atom stereocenters. The van der Waals surface area contributed by atoms with Gasteiger partial charge in [-0.1, -0.05) is 48.2 Å². The second-order valence-corrected chi connectivity index (χ2v) is 7.27. The van der Waals surface area contributed by atoms with E-state index in [1.807, 2.05) is 66.2 Å². The van der Waals surface area contributed by atoms with Crippen molar-refractivity contribution in [2.75, 3.05) is 11.1 Å². The van der Waals surface area contributed by atoms with Gasteiger partial charge in [0.25, 0.3) is 0 Å². The molecule has 1 amide bonds. The van der Waals surface area contributed by atoms with Crippen molar-refractivity contribution < 1.29 is 4.79 Å². The molecule has 0 fully saturated rings. The highest BCUT2D eigenvalue weighted by Crippen LogP contribution is 2.22. The van der Waals surface area contributed by atoms with Gasteiger partial charge < -0.3 is 9.88 Å². The maximum Gasteiger partial charge on any atom is 0.234 e. The summed E-state index contributed by atoms with van der Waals surface area (Å²) in [4.78, 5) is 12.1. The summed E-state index contributed by atoms with van der Waals surface area (Å²) in [5.41, 5.74) is 1.80. The van der Waals surface area contributed by atoms with Crippen LogP contribution in [0.1, 0.15) is 0 Å². The molecule has 2 aromatic carbocycles. The molecule has 3 rings (SSSR count). The van der Waals surface area contributed by atoms with Gasteiger partial charge in [0, 0.05) is 21.9 Å². The largest absolute Gasteiger partial charge is 0.325 e. The lowest BCUT2D eigenvalue weighted by Crippen LogP contribution is -2.14. The first-order valence-electron chi connectivity index (χ1n) is 7.26. The van der Waals surface area contributed by atoms with Gasteiger partial charge in [0.05, 0.1) is 5.75 Å². The number of thioether (sulfide) groups is 1. The second-order valence-electron chi connectivity index (χ2n) is 5.08. The van der Waals surface area contributed by atoms with Crippen molar-refractivity contribution in [2.24, 2.45) is 7.05 Å². The van der Waals surface area contributed by atoms with E-state index in [4.69, 9.17) is 0 Å². The molecular weight excluding hydrogens is 435 g/mol. The van der Waals surface area contributed by atoms with Gasteiger partial charge in [0.1, 0.15) is 0 Å². The summed E-state index contributed by atoms with van der Waals surface area (Å²) in [6, 6.07) is 17.6. The molecule has 0 aliphatic rings. The molecule has 5 nitrogen and oxygen atoms in total. The quantitative estimate of drug-likeness (QED) is 0.475. The minimum atomic E-state index is -0.0636. The molecule has 24 heavy (non-hydrogen) atoms. The van der Waals surface area contributed by atoms with Crippen molar-refractivity contribution in [2.45, 2.75) is 5.16 Å². The van der Waals surface area contributed by atoms with Gasteiger partial charge in [0.15, 0.2) is 11.0 Å². The third-order valence-electron chi connectivity index (χ3n) is 3.31. The Morgan fingerprint density at radius 3 is 2.71 bits per heavy atom. The van der Waals surface area contributed by atoms with Crippen LogP contribution in [0.4, 0.5) is 5.69 Å². The number of rotatable bonds is 5. The predicted octanol–water partition coefficient (Wildman–Crippen LogP) is 3.82. The molecule has 1 heterocycles. The Morgan fingerprint density at radius 1 is 1.17 bits per heavy atom. The summed E-state index contributed by atoms with van der Waals surface area (Å²) in [5, 5.41) is 12.0. The predicted molar refractivity (Wildman–Crippen MR) is 105 cm³/mol. The van der Waals surface area contributed by atoms with E-state index < -0.39 is 0 Å². The van der Waals surface area contributed by atoms with Crippen LogP contribution < -0.4 is 5.32 Å². The minimum Gasteiger partial charge on any atom is -0.325 e. The highest BCUT2D eigenvalue weighted by atomic mass is 127. The van der Waals surface area contributed by atoms with Gasteiger partial charge in [-0.2, -0.15) is 0 Å². The average Bonchev–Trinajstić information content (AvgIpc) is 2.94. The fourth-order valence-electron chi connectivity index (χ4n) is 2.17. The number of halogens is 1. The highest BCUT2D eigenvalue weighted by molar-refractivity contribution is 14.1. The van der Waals surface area contributed by atoms with Crippen LogP contribution >= 0.6 is 34.4 Å². The smallest absolute Gasteiger partial charge is 0.234 e. The van der Waals surface area contributed by atoms with E-state index in [9.17, 15) is 4.79 Å². The fourth-order valence-corrected chi connectivity index (χ4v) is 3.43. The Kier molecular flexibility index (Phi) is 5.52. The lowest BCUT2D eigenvalue weighted by molar-refractivity contribution is -0.113. The molecule has 0 aliphatic carbocycles. The van der Waals surface area contributed by atoms with Gasteiger partial charge in [0.2, 0.25) is 5.91 Å². The van der Waals surface area contributed by atoms with E-state index in [2.05, 4.69) is 38.1 Å². The Morgan fingerprint density at radius 2 is 1.96 bits per heavy atom. The lowest BCUT2D eigenvalue weighted by atomic mass is 10.2. The number of nitrogens with one attached hydrogen (secondary N) is 1. The van der Waals surface area contributed by atoms with E-state index in [-0.39, 0.29) is 11.7 Å². The molecule has 0 radical (unpaired) electrons. The maximum atomic E-state index is 12.1. The number of hydrogen-bond acceptors (Lipinski definition) is 4. The average molecular weight is 450 g/mol. The van der Waals surface area contributed by atoms with Crippen LogP contribution in [0.2, 0.25) is 0 Å². The topological polar surface area (TPSA) is 59.8 Å². The standard InChI is InChI=1S/C17H15IN4OS/c1-22-16(12-6-3-2-4-7-12)20-21-17(22)24-11-15(23)19-14-9-5-8-13(18)10-14/h2-10H,11H2,1H3,(H,19,23). The molecule has 0 saturated heterocycles. The summed E-state index contributed by atoms with van der Waals surface area (Å²) in [6.07, 6.45) is 0. The number of anilines is 1. The molecular formula is C17H15IN4OS. The molecule has 3 aromatic rings. The van der Waals surface area contributed by atoms with E-state index >= 15 is 0 Å². The first-order valence-corrected chi connectivity index (χ1v) is 9.33.